The van der Waals surface area contributed by atoms with Gasteiger partial charge in [0.2, 0.25) is 5.91 Å². The zero-order valence-corrected chi connectivity index (χ0v) is 19.8. The molecule has 1 N–H and O–H groups in total. The number of amides is 1. The summed E-state index contributed by atoms with van der Waals surface area (Å²) in [5, 5.41) is 3.92. The van der Waals surface area contributed by atoms with Crippen molar-refractivity contribution >= 4 is 28.5 Å². The Bertz CT molecular complexity index is 1260. The van der Waals surface area contributed by atoms with E-state index in [9.17, 15) is 4.79 Å². The number of rotatable bonds is 7. The van der Waals surface area contributed by atoms with Crippen LogP contribution in [0.1, 0.15) is 30.7 Å². The second-order valence-corrected chi connectivity index (χ2v) is 9.30. The van der Waals surface area contributed by atoms with Gasteiger partial charge in [-0.15, -0.1) is 0 Å². The molecule has 1 aromatic heterocycles. The Hall–Kier alpha value is -3.15. The molecule has 6 heteroatoms. The van der Waals surface area contributed by atoms with Crippen molar-refractivity contribution in [2.24, 2.45) is 0 Å². The number of aromatic nitrogens is 2. The van der Waals surface area contributed by atoms with Gasteiger partial charge in [-0.3, -0.25) is 9.36 Å². The molecular weight excluding hydrogens is 446 g/mol. The van der Waals surface area contributed by atoms with E-state index in [0.717, 1.165) is 40.4 Å². The summed E-state index contributed by atoms with van der Waals surface area (Å²) in [5.74, 6) is 0.924. The first-order valence-electron chi connectivity index (χ1n) is 11.8. The quantitative estimate of drug-likeness (QED) is 0.387. The standard InChI is InChI=1S/C28H28ClN3O2/c29-22-12-10-21(11-13-22)28(16-18-34-19-17-28)20-30-27(33)15-14-26-31-24-8-4-5-9-25(24)32(26)23-6-2-1-3-7-23/h1-13H,14-20H2,(H,30,33). The maximum absolute atomic E-state index is 12.9. The minimum Gasteiger partial charge on any atom is -0.381 e. The highest BCUT2D eigenvalue weighted by Crippen LogP contribution is 2.35. The van der Waals surface area contributed by atoms with E-state index < -0.39 is 0 Å². The lowest BCUT2D eigenvalue weighted by Crippen LogP contribution is -2.44. The molecule has 0 aliphatic carbocycles. The topological polar surface area (TPSA) is 56.2 Å². The number of ether oxygens (including phenoxy) is 1. The number of nitrogens with one attached hydrogen (secondary N) is 1. The van der Waals surface area contributed by atoms with Crippen molar-refractivity contribution in [2.75, 3.05) is 19.8 Å². The Labute approximate surface area is 204 Å². The van der Waals surface area contributed by atoms with Gasteiger partial charge in [-0.2, -0.15) is 0 Å². The van der Waals surface area contributed by atoms with Crippen molar-refractivity contribution in [3.05, 3.63) is 95.3 Å². The van der Waals surface area contributed by atoms with Gasteiger partial charge in [0, 0.05) is 48.7 Å². The van der Waals surface area contributed by atoms with Crippen LogP contribution in [0.5, 0.6) is 0 Å². The molecular formula is C28H28ClN3O2. The lowest BCUT2D eigenvalue weighted by atomic mass is 9.74. The van der Waals surface area contributed by atoms with Gasteiger partial charge < -0.3 is 10.1 Å². The fourth-order valence-electron chi connectivity index (χ4n) is 4.82. The maximum Gasteiger partial charge on any atom is 0.220 e. The van der Waals surface area contributed by atoms with Crippen LogP contribution in [0.15, 0.2) is 78.9 Å². The summed E-state index contributed by atoms with van der Waals surface area (Å²) in [6.07, 6.45) is 2.69. The highest BCUT2D eigenvalue weighted by atomic mass is 35.5. The summed E-state index contributed by atoms with van der Waals surface area (Å²) in [6, 6.07) is 26.3. The zero-order chi connectivity index (χ0) is 23.4. The normalized spacial score (nSPS) is 15.3. The number of aryl methyl sites for hydroxylation is 1. The van der Waals surface area contributed by atoms with Crippen LogP contribution in [0.2, 0.25) is 5.02 Å². The van der Waals surface area contributed by atoms with Gasteiger partial charge in [-0.25, -0.2) is 4.98 Å². The molecule has 3 aromatic carbocycles. The molecule has 0 saturated carbocycles. The summed E-state index contributed by atoms with van der Waals surface area (Å²) in [4.78, 5) is 17.8. The predicted octanol–water partition coefficient (Wildman–Crippen LogP) is 5.48. The van der Waals surface area contributed by atoms with Crippen LogP contribution in [-0.4, -0.2) is 35.2 Å². The SMILES string of the molecule is O=C(CCc1nc2ccccc2n1-c1ccccc1)NCC1(c2ccc(Cl)cc2)CCOCC1. The number of para-hydroxylation sites is 3. The van der Waals surface area contributed by atoms with Gasteiger partial charge in [0.05, 0.1) is 11.0 Å². The third-order valence-corrected chi connectivity index (χ3v) is 7.00. The van der Waals surface area contributed by atoms with Gasteiger partial charge in [0.25, 0.3) is 0 Å². The van der Waals surface area contributed by atoms with Gasteiger partial charge >= 0.3 is 0 Å². The number of benzene rings is 3. The number of imidazole rings is 1. The number of hydrogen-bond acceptors (Lipinski definition) is 3. The lowest BCUT2D eigenvalue weighted by Gasteiger charge is -2.38. The smallest absolute Gasteiger partial charge is 0.220 e. The van der Waals surface area contributed by atoms with Crippen LogP contribution in [-0.2, 0) is 21.4 Å². The van der Waals surface area contributed by atoms with Crippen LogP contribution in [0.25, 0.3) is 16.7 Å². The average Bonchev–Trinajstić information content (AvgIpc) is 3.26. The molecule has 1 amide bonds. The van der Waals surface area contributed by atoms with Crippen molar-refractivity contribution in [1.29, 1.82) is 0 Å². The molecule has 0 bridgehead atoms. The number of nitrogens with zero attached hydrogens (tertiary/aromatic N) is 2. The first kappa shape index (κ1) is 22.6. The van der Waals surface area contributed by atoms with E-state index >= 15 is 0 Å². The van der Waals surface area contributed by atoms with Crippen molar-refractivity contribution in [3.8, 4) is 5.69 Å². The minimum absolute atomic E-state index is 0.0338. The van der Waals surface area contributed by atoms with E-state index in [0.29, 0.717) is 32.6 Å². The Morgan fingerprint density at radius 2 is 1.68 bits per heavy atom. The van der Waals surface area contributed by atoms with Gasteiger partial charge in [0.1, 0.15) is 5.82 Å². The molecule has 34 heavy (non-hydrogen) atoms. The summed E-state index contributed by atoms with van der Waals surface area (Å²) in [5.41, 5.74) is 4.11. The van der Waals surface area contributed by atoms with E-state index in [-0.39, 0.29) is 11.3 Å². The summed E-state index contributed by atoms with van der Waals surface area (Å²) < 4.78 is 7.77. The number of carbonyl (C=O) groups excluding carboxylic acids is 1. The third kappa shape index (κ3) is 4.72. The monoisotopic (exact) mass is 473 g/mol. The molecule has 2 heterocycles. The zero-order valence-electron chi connectivity index (χ0n) is 19.0. The van der Waals surface area contributed by atoms with Crippen LogP contribution in [0.4, 0.5) is 0 Å². The fourth-order valence-corrected chi connectivity index (χ4v) is 4.95. The molecule has 0 radical (unpaired) electrons. The second kappa shape index (κ2) is 10.00. The highest BCUT2D eigenvalue weighted by Gasteiger charge is 2.34. The minimum atomic E-state index is -0.129. The third-order valence-electron chi connectivity index (χ3n) is 6.75. The van der Waals surface area contributed by atoms with Crippen LogP contribution >= 0.6 is 11.6 Å². The highest BCUT2D eigenvalue weighted by molar-refractivity contribution is 6.30. The van der Waals surface area contributed by atoms with Crippen LogP contribution in [0, 0.1) is 0 Å². The molecule has 4 aromatic rings. The molecule has 1 aliphatic rings. The Balaban J connectivity index is 1.31. The number of hydrogen-bond donors (Lipinski definition) is 1. The molecule has 0 atom stereocenters. The first-order valence-corrected chi connectivity index (χ1v) is 12.1. The van der Waals surface area contributed by atoms with Crippen molar-refractivity contribution in [2.45, 2.75) is 31.1 Å². The second-order valence-electron chi connectivity index (χ2n) is 8.86. The van der Waals surface area contributed by atoms with Crippen LogP contribution in [0.3, 0.4) is 0 Å². The van der Waals surface area contributed by atoms with Gasteiger partial charge in [-0.05, 0) is 54.8 Å². The van der Waals surface area contributed by atoms with Gasteiger partial charge in [-0.1, -0.05) is 54.1 Å². The maximum atomic E-state index is 12.9. The summed E-state index contributed by atoms with van der Waals surface area (Å²) in [6.45, 7) is 1.98. The molecule has 1 aliphatic heterocycles. The molecule has 174 valence electrons. The van der Waals surface area contributed by atoms with Crippen molar-refractivity contribution < 1.29 is 9.53 Å². The van der Waals surface area contributed by atoms with E-state index in [1.807, 2.05) is 48.5 Å². The van der Waals surface area contributed by atoms with E-state index in [1.54, 1.807) is 0 Å². The largest absolute Gasteiger partial charge is 0.381 e. The number of carbonyl (C=O) groups is 1. The Kier molecular flexibility index (Phi) is 6.66. The van der Waals surface area contributed by atoms with E-state index in [4.69, 9.17) is 21.3 Å². The van der Waals surface area contributed by atoms with Gasteiger partial charge in [0.15, 0.2) is 0 Å². The molecule has 0 unspecified atom stereocenters. The predicted molar refractivity (Wildman–Crippen MR) is 136 cm³/mol. The van der Waals surface area contributed by atoms with E-state index in [2.05, 4.69) is 40.2 Å². The fraction of sp³-hybridized carbons (Fsp3) is 0.286. The van der Waals surface area contributed by atoms with Crippen molar-refractivity contribution in [1.82, 2.24) is 14.9 Å². The van der Waals surface area contributed by atoms with E-state index in [1.165, 1.54) is 5.56 Å². The summed E-state index contributed by atoms with van der Waals surface area (Å²) >= 11 is 6.11. The molecule has 1 fully saturated rings. The Morgan fingerprint density at radius 1 is 0.971 bits per heavy atom. The number of halogens is 1. The lowest BCUT2D eigenvalue weighted by molar-refractivity contribution is -0.121. The Morgan fingerprint density at radius 3 is 2.44 bits per heavy atom. The average molecular weight is 474 g/mol. The first-order chi connectivity index (χ1) is 16.6. The molecule has 5 nitrogen and oxygen atoms in total. The van der Waals surface area contributed by atoms with Crippen LogP contribution < -0.4 is 5.32 Å². The molecule has 5 rings (SSSR count). The summed E-state index contributed by atoms with van der Waals surface area (Å²) in [7, 11) is 0. The molecule has 0 spiro atoms. The van der Waals surface area contributed by atoms with Crippen molar-refractivity contribution in [3.63, 3.8) is 0 Å². The number of fused-ring (bicyclic) bond motifs is 1. The molecule has 1 saturated heterocycles.